The number of aromatic nitrogens is 1. The second kappa shape index (κ2) is 5.50. The van der Waals surface area contributed by atoms with Crippen LogP contribution in [0.5, 0.6) is 0 Å². The van der Waals surface area contributed by atoms with Crippen LogP contribution >= 0.6 is 0 Å². The van der Waals surface area contributed by atoms with Gasteiger partial charge in [0.2, 0.25) is 0 Å². The molecule has 1 heterocycles. The average Bonchev–Trinajstić information content (AvgIpc) is 3.15. The lowest BCUT2D eigenvalue weighted by Crippen LogP contribution is -2.15. The monoisotopic (exact) mass is 309 g/mol. The van der Waals surface area contributed by atoms with Gasteiger partial charge in [-0.05, 0) is 31.0 Å². The van der Waals surface area contributed by atoms with E-state index in [4.69, 9.17) is 0 Å². The van der Waals surface area contributed by atoms with Crippen molar-refractivity contribution >= 4 is 15.7 Å². The van der Waals surface area contributed by atoms with E-state index in [1.54, 1.807) is 12.1 Å². The van der Waals surface area contributed by atoms with Gasteiger partial charge in [-0.25, -0.2) is 12.8 Å². The van der Waals surface area contributed by atoms with Crippen LogP contribution in [0.25, 0.3) is 0 Å². The lowest BCUT2D eigenvalue weighted by atomic mass is 10.3. The molecule has 0 atom stereocenters. The Bertz CT molecular complexity index is 738. The maximum Gasteiger partial charge on any atom is 0.263 e. The van der Waals surface area contributed by atoms with Crippen LogP contribution in [0.4, 0.5) is 10.1 Å². The Hall–Kier alpha value is -1.86. The van der Waals surface area contributed by atoms with Gasteiger partial charge in [0.1, 0.15) is 10.7 Å². The highest BCUT2D eigenvalue weighted by Gasteiger charge is 2.21. The van der Waals surface area contributed by atoms with Gasteiger partial charge in [0.25, 0.3) is 10.0 Å². The van der Waals surface area contributed by atoms with Gasteiger partial charge in [-0.1, -0.05) is 12.1 Å². The molecule has 5 nitrogen and oxygen atoms in total. The van der Waals surface area contributed by atoms with Crippen LogP contribution in [0.1, 0.15) is 18.5 Å². The van der Waals surface area contributed by atoms with Crippen molar-refractivity contribution in [2.45, 2.75) is 30.3 Å². The first-order valence-electron chi connectivity index (χ1n) is 6.72. The van der Waals surface area contributed by atoms with E-state index >= 15 is 0 Å². The van der Waals surface area contributed by atoms with E-state index in [-0.39, 0.29) is 10.6 Å². The second-order valence-electron chi connectivity index (χ2n) is 5.10. The Labute approximate surface area is 122 Å². The van der Waals surface area contributed by atoms with Gasteiger partial charge in [-0.15, -0.1) is 0 Å². The number of para-hydroxylation sites is 1. The summed E-state index contributed by atoms with van der Waals surface area (Å²) in [6, 6.07) is 7.77. The average molecular weight is 309 g/mol. The van der Waals surface area contributed by atoms with E-state index in [0.717, 1.165) is 5.69 Å². The van der Waals surface area contributed by atoms with Gasteiger partial charge >= 0.3 is 0 Å². The zero-order valence-corrected chi connectivity index (χ0v) is 12.1. The highest BCUT2D eigenvalue weighted by Crippen LogP contribution is 2.21. The lowest BCUT2D eigenvalue weighted by molar-refractivity contribution is 0.598. The Morgan fingerprint density at radius 3 is 2.76 bits per heavy atom. The standard InChI is InChI=1S/C14H16FN3O2S/c15-13-3-1-2-4-14(13)18-21(19,20)12-7-11(17-9-12)8-16-10-5-6-10/h1-4,7,9-10,16-18H,5-6,8H2. The normalized spacial score (nSPS) is 15.1. The summed E-state index contributed by atoms with van der Waals surface area (Å²) in [7, 11) is -3.79. The molecule has 21 heavy (non-hydrogen) atoms. The summed E-state index contributed by atoms with van der Waals surface area (Å²) in [6.45, 7) is 0.597. The van der Waals surface area contributed by atoms with Crippen molar-refractivity contribution in [3.8, 4) is 0 Å². The zero-order chi connectivity index (χ0) is 14.9. The smallest absolute Gasteiger partial charge is 0.263 e. The Kier molecular flexibility index (Phi) is 3.69. The van der Waals surface area contributed by atoms with E-state index in [2.05, 4.69) is 15.0 Å². The fourth-order valence-corrected chi connectivity index (χ4v) is 3.05. The first kappa shape index (κ1) is 14.1. The molecule has 1 fully saturated rings. The van der Waals surface area contributed by atoms with Crippen molar-refractivity contribution in [3.63, 3.8) is 0 Å². The molecule has 7 heteroatoms. The van der Waals surface area contributed by atoms with Gasteiger partial charge in [-0.2, -0.15) is 0 Å². The molecule has 0 bridgehead atoms. The molecule has 1 saturated carbocycles. The number of hydrogen-bond donors (Lipinski definition) is 3. The third-order valence-electron chi connectivity index (χ3n) is 3.30. The van der Waals surface area contributed by atoms with E-state index < -0.39 is 15.8 Å². The van der Waals surface area contributed by atoms with Crippen molar-refractivity contribution in [3.05, 3.63) is 48.0 Å². The largest absolute Gasteiger partial charge is 0.363 e. The maximum absolute atomic E-state index is 13.5. The molecule has 1 aliphatic rings. The molecule has 0 aliphatic heterocycles. The van der Waals surface area contributed by atoms with E-state index in [9.17, 15) is 12.8 Å². The summed E-state index contributed by atoms with van der Waals surface area (Å²) in [5, 5.41) is 3.29. The number of H-pyrrole nitrogens is 1. The first-order valence-corrected chi connectivity index (χ1v) is 8.21. The third-order valence-corrected chi connectivity index (χ3v) is 4.65. The molecule has 1 aromatic carbocycles. The van der Waals surface area contributed by atoms with Crippen LogP contribution in [0.2, 0.25) is 0 Å². The Morgan fingerprint density at radius 2 is 2.05 bits per heavy atom. The quantitative estimate of drug-likeness (QED) is 0.766. The van der Waals surface area contributed by atoms with Crippen LogP contribution in [-0.2, 0) is 16.6 Å². The molecule has 1 aliphatic carbocycles. The minimum atomic E-state index is -3.79. The molecule has 3 rings (SSSR count). The van der Waals surface area contributed by atoms with Crippen LogP contribution < -0.4 is 10.0 Å². The van der Waals surface area contributed by atoms with Gasteiger partial charge in [0.05, 0.1) is 5.69 Å². The highest BCUT2D eigenvalue weighted by atomic mass is 32.2. The number of sulfonamides is 1. The van der Waals surface area contributed by atoms with Crippen molar-refractivity contribution in [2.75, 3.05) is 4.72 Å². The Balaban J connectivity index is 1.73. The van der Waals surface area contributed by atoms with Crippen molar-refractivity contribution < 1.29 is 12.8 Å². The fourth-order valence-electron chi connectivity index (χ4n) is 1.97. The highest BCUT2D eigenvalue weighted by molar-refractivity contribution is 7.92. The molecule has 0 unspecified atom stereocenters. The number of halogens is 1. The predicted octanol–water partition coefficient (Wildman–Crippen LogP) is 2.21. The van der Waals surface area contributed by atoms with Gasteiger partial charge in [0.15, 0.2) is 0 Å². The number of anilines is 1. The molecular formula is C14H16FN3O2S. The summed E-state index contributed by atoms with van der Waals surface area (Å²) < 4.78 is 40.2. The van der Waals surface area contributed by atoms with Gasteiger partial charge < -0.3 is 10.3 Å². The molecular weight excluding hydrogens is 293 g/mol. The Morgan fingerprint density at radius 1 is 1.29 bits per heavy atom. The third kappa shape index (κ3) is 3.43. The minimum absolute atomic E-state index is 0.0589. The molecule has 2 aromatic rings. The fraction of sp³-hybridized carbons (Fsp3) is 0.286. The van der Waals surface area contributed by atoms with E-state index in [1.807, 2.05) is 0 Å². The molecule has 0 saturated heterocycles. The van der Waals surface area contributed by atoms with E-state index in [1.165, 1.54) is 37.2 Å². The maximum atomic E-state index is 13.5. The van der Waals surface area contributed by atoms with Crippen LogP contribution in [-0.4, -0.2) is 19.4 Å². The van der Waals surface area contributed by atoms with Crippen molar-refractivity contribution in [2.24, 2.45) is 0 Å². The van der Waals surface area contributed by atoms with Crippen LogP contribution in [0.3, 0.4) is 0 Å². The number of hydrogen-bond acceptors (Lipinski definition) is 3. The summed E-state index contributed by atoms with van der Waals surface area (Å²) in [5.74, 6) is -0.604. The summed E-state index contributed by atoms with van der Waals surface area (Å²) in [5.41, 5.74) is 0.729. The molecule has 0 radical (unpaired) electrons. The number of rotatable bonds is 6. The van der Waals surface area contributed by atoms with E-state index in [0.29, 0.717) is 12.6 Å². The van der Waals surface area contributed by atoms with Crippen molar-refractivity contribution in [1.29, 1.82) is 0 Å². The van der Waals surface area contributed by atoms with Gasteiger partial charge in [0, 0.05) is 24.5 Å². The summed E-state index contributed by atoms with van der Waals surface area (Å²) >= 11 is 0. The number of benzene rings is 1. The number of nitrogens with one attached hydrogen (secondary N) is 3. The van der Waals surface area contributed by atoms with Crippen LogP contribution in [0, 0.1) is 5.82 Å². The molecule has 112 valence electrons. The molecule has 0 amide bonds. The number of aromatic amines is 1. The molecule has 3 N–H and O–H groups in total. The topological polar surface area (TPSA) is 74.0 Å². The minimum Gasteiger partial charge on any atom is -0.363 e. The lowest BCUT2D eigenvalue weighted by Gasteiger charge is -2.06. The predicted molar refractivity (Wildman–Crippen MR) is 77.9 cm³/mol. The van der Waals surface area contributed by atoms with Crippen LogP contribution in [0.15, 0.2) is 41.4 Å². The SMILES string of the molecule is O=S(=O)(Nc1ccccc1F)c1c[nH]c(CNC2CC2)c1. The summed E-state index contributed by atoms with van der Waals surface area (Å²) in [4.78, 5) is 3.02. The molecule has 1 aromatic heterocycles. The second-order valence-corrected chi connectivity index (χ2v) is 6.78. The first-order chi connectivity index (χ1) is 10.0. The van der Waals surface area contributed by atoms with Crippen molar-refractivity contribution in [1.82, 2.24) is 10.3 Å². The zero-order valence-electron chi connectivity index (χ0n) is 11.3. The van der Waals surface area contributed by atoms with Gasteiger partial charge in [-0.3, -0.25) is 4.72 Å². The summed E-state index contributed by atoms with van der Waals surface area (Å²) in [6.07, 6.45) is 3.74. The molecule has 0 spiro atoms.